The number of ether oxygens (including phenoxy) is 1. The number of esters is 1. The molecule has 6 heteroatoms. The van der Waals surface area contributed by atoms with Crippen LogP contribution in [-0.4, -0.2) is 55.1 Å². The van der Waals surface area contributed by atoms with Crippen LogP contribution < -0.4 is 5.32 Å². The van der Waals surface area contributed by atoms with Crippen LogP contribution in [0, 0.1) is 0 Å². The summed E-state index contributed by atoms with van der Waals surface area (Å²) in [5.74, 6) is -0.384. The Morgan fingerprint density at radius 1 is 1.20 bits per heavy atom. The normalized spacial score (nSPS) is 17.7. The van der Waals surface area contributed by atoms with Crippen molar-refractivity contribution >= 4 is 12.0 Å². The minimum absolute atomic E-state index is 0.218. The maximum atomic E-state index is 12.7. The highest BCUT2D eigenvalue weighted by Crippen LogP contribution is 2.31. The third-order valence-corrected chi connectivity index (χ3v) is 4.47. The molecule has 0 aromatic heterocycles. The number of rotatable bonds is 7. The number of amides is 2. The first-order valence-corrected chi connectivity index (χ1v) is 8.75. The van der Waals surface area contributed by atoms with Gasteiger partial charge in [-0.2, -0.15) is 0 Å². The monoisotopic (exact) mass is 345 g/mol. The molecular formula is C19H27N3O3. The number of carbonyl (C=O) groups excluding carboxylic acids is 2. The van der Waals surface area contributed by atoms with Crippen molar-refractivity contribution in [1.29, 1.82) is 0 Å². The molecule has 1 N–H and O–H groups in total. The number of nitrogens with zero attached hydrogens (tertiary/aromatic N) is 2. The van der Waals surface area contributed by atoms with E-state index in [1.165, 1.54) is 4.90 Å². The van der Waals surface area contributed by atoms with E-state index in [0.717, 1.165) is 18.7 Å². The highest BCUT2D eigenvalue weighted by atomic mass is 16.5. The third-order valence-electron chi connectivity index (χ3n) is 4.47. The quantitative estimate of drug-likeness (QED) is 0.772. The van der Waals surface area contributed by atoms with Crippen LogP contribution in [0.4, 0.5) is 4.79 Å². The van der Waals surface area contributed by atoms with Crippen LogP contribution in [-0.2, 0) is 9.53 Å². The Morgan fingerprint density at radius 3 is 2.40 bits per heavy atom. The van der Waals surface area contributed by atoms with E-state index in [2.05, 4.69) is 24.1 Å². The second-order valence-corrected chi connectivity index (χ2v) is 5.89. The summed E-state index contributed by atoms with van der Waals surface area (Å²) in [6.07, 6.45) is 0. The minimum atomic E-state index is -0.505. The maximum Gasteiger partial charge on any atom is 0.338 e. The molecule has 2 amide bonds. The van der Waals surface area contributed by atoms with Crippen LogP contribution in [0.3, 0.4) is 0 Å². The number of carbonyl (C=O) groups is 2. The lowest BCUT2D eigenvalue weighted by Gasteiger charge is -2.36. The smallest absolute Gasteiger partial charge is 0.338 e. The van der Waals surface area contributed by atoms with Gasteiger partial charge in [0.25, 0.3) is 0 Å². The molecule has 25 heavy (non-hydrogen) atoms. The van der Waals surface area contributed by atoms with Crippen LogP contribution in [0.1, 0.15) is 32.4 Å². The summed E-state index contributed by atoms with van der Waals surface area (Å²) in [5, 5.41) is 2.92. The predicted molar refractivity (Wildman–Crippen MR) is 96.9 cm³/mol. The van der Waals surface area contributed by atoms with Gasteiger partial charge in [-0.25, -0.2) is 9.59 Å². The van der Waals surface area contributed by atoms with E-state index in [1.54, 1.807) is 14.0 Å². The van der Waals surface area contributed by atoms with Crippen molar-refractivity contribution in [1.82, 2.24) is 15.1 Å². The van der Waals surface area contributed by atoms with Gasteiger partial charge in [-0.1, -0.05) is 44.2 Å². The Morgan fingerprint density at radius 2 is 1.84 bits per heavy atom. The Balaban J connectivity index is 2.55. The van der Waals surface area contributed by atoms with Gasteiger partial charge in [0, 0.05) is 19.3 Å². The molecule has 0 aliphatic carbocycles. The lowest BCUT2D eigenvalue weighted by molar-refractivity contribution is -0.139. The first-order valence-electron chi connectivity index (χ1n) is 8.75. The van der Waals surface area contributed by atoms with Crippen molar-refractivity contribution in [2.75, 3.05) is 33.3 Å². The van der Waals surface area contributed by atoms with Crippen LogP contribution in [0.2, 0.25) is 0 Å². The van der Waals surface area contributed by atoms with E-state index in [9.17, 15) is 9.59 Å². The molecule has 1 heterocycles. The molecule has 0 saturated carbocycles. The SMILES string of the molecule is CCOC(=O)C1=C(CN(CC)CC)N(C)C(=O)NC1c1ccccc1. The zero-order chi connectivity index (χ0) is 18.4. The molecule has 136 valence electrons. The van der Waals surface area contributed by atoms with Gasteiger partial charge >= 0.3 is 12.0 Å². The zero-order valence-corrected chi connectivity index (χ0v) is 15.4. The second-order valence-electron chi connectivity index (χ2n) is 5.89. The average Bonchev–Trinajstić information content (AvgIpc) is 2.63. The van der Waals surface area contributed by atoms with E-state index < -0.39 is 6.04 Å². The van der Waals surface area contributed by atoms with Crippen molar-refractivity contribution in [3.63, 3.8) is 0 Å². The molecule has 0 radical (unpaired) electrons. The largest absolute Gasteiger partial charge is 0.463 e. The van der Waals surface area contributed by atoms with Crippen molar-refractivity contribution in [2.24, 2.45) is 0 Å². The van der Waals surface area contributed by atoms with Gasteiger partial charge in [-0.05, 0) is 25.6 Å². The summed E-state index contributed by atoms with van der Waals surface area (Å²) in [4.78, 5) is 28.9. The zero-order valence-electron chi connectivity index (χ0n) is 15.4. The second kappa shape index (κ2) is 8.67. The fourth-order valence-corrected chi connectivity index (χ4v) is 2.95. The molecular weight excluding hydrogens is 318 g/mol. The summed E-state index contributed by atoms with van der Waals surface area (Å²) in [6, 6.07) is 8.79. The van der Waals surface area contributed by atoms with Crippen molar-refractivity contribution in [3.8, 4) is 0 Å². The number of benzene rings is 1. The molecule has 1 unspecified atom stereocenters. The van der Waals surface area contributed by atoms with E-state index >= 15 is 0 Å². The molecule has 0 bridgehead atoms. The van der Waals surface area contributed by atoms with Gasteiger partial charge in [0.15, 0.2) is 0 Å². The van der Waals surface area contributed by atoms with Gasteiger partial charge in [-0.3, -0.25) is 9.80 Å². The minimum Gasteiger partial charge on any atom is -0.463 e. The first-order chi connectivity index (χ1) is 12.0. The number of likely N-dealkylation sites (N-methyl/N-ethyl adjacent to an activating group) is 2. The van der Waals surface area contributed by atoms with Gasteiger partial charge < -0.3 is 10.1 Å². The number of hydrogen-bond donors (Lipinski definition) is 1. The third kappa shape index (κ3) is 4.20. The number of urea groups is 1. The molecule has 1 aliphatic heterocycles. The molecule has 0 fully saturated rings. The van der Waals surface area contributed by atoms with Gasteiger partial charge in [0.2, 0.25) is 0 Å². The van der Waals surface area contributed by atoms with Crippen LogP contribution >= 0.6 is 0 Å². The molecule has 1 aromatic rings. The summed E-state index contributed by atoms with van der Waals surface area (Å²) >= 11 is 0. The highest BCUT2D eigenvalue weighted by Gasteiger charge is 2.36. The van der Waals surface area contributed by atoms with Crippen molar-refractivity contribution in [3.05, 3.63) is 47.2 Å². The van der Waals surface area contributed by atoms with Crippen LogP contribution in [0.5, 0.6) is 0 Å². The van der Waals surface area contributed by atoms with Crippen LogP contribution in [0.15, 0.2) is 41.6 Å². The molecule has 1 aliphatic rings. The fourth-order valence-electron chi connectivity index (χ4n) is 2.95. The first kappa shape index (κ1) is 19.0. The van der Waals surface area contributed by atoms with E-state index in [1.807, 2.05) is 30.3 Å². The fraction of sp³-hybridized carbons (Fsp3) is 0.474. The Bertz CT molecular complexity index is 639. The number of nitrogens with one attached hydrogen (secondary N) is 1. The summed E-state index contributed by atoms with van der Waals surface area (Å²) < 4.78 is 5.30. The molecule has 1 aromatic carbocycles. The summed E-state index contributed by atoms with van der Waals surface area (Å²) in [7, 11) is 1.69. The highest BCUT2D eigenvalue weighted by molar-refractivity contribution is 5.95. The van der Waals surface area contributed by atoms with Crippen molar-refractivity contribution < 1.29 is 14.3 Å². The lowest BCUT2D eigenvalue weighted by Crippen LogP contribution is -2.49. The van der Waals surface area contributed by atoms with E-state index in [4.69, 9.17) is 4.74 Å². The summed E-state index contributed by atoms with van der Waals surface area (Å²) in [5.41, 5.74) is 2.06. The topological polar surface area (TPSA) is 61.9 Å². The maximum absolute atomic E-state index is 12.7. The number of hydrogen-bond acceptors (Lipinski definition) is 4. The Hall–Kier alpha value is -2.34. The summed E-state index contributed by atoms with van der Waals surface area (Å²) in [6.45, 7) is 8.39. The van der Waals surface area contributed by atoms with Gasteiger partial charge in [0.1, 0.15) is 0 Å². The Labute approximate surface area is 149 Å². The molecule has 6 nitrogen and oxygen atoms in total. The van der Waals surface area contributed by atoms with E-state index in [-0.39, 0.29) is 12.0 Å². The van der Waals surface area contributed by atoms with E-state index in [0.29, 0.717) is 24.4 Å². The lowest BCUT2D eigenvalue weighted by atomic mass is 9.94. The van der Waals surface area contributed by atoms with Gasteiger partial charge in [0.05, 0.1) is 18.2 Å². The molecule has 1 atom stereocenters. The molecule has 2 rings (SSSR count). The predicted octanol–water partition coefficient (Wildman–Crippen LogP) is 2.54. The van der Waals surface area contributed by atoms with Crippen molar-refractivity contribution in [2.45, 2.75) is 26.8 Å². The Kier molecular flexibility index (Phi) is 6.58. The molecule has 0 spiro atoms. The van der Waals surface area contributed by atoms with Gasteiger partial charge in [-0.15, -0.1) is 0 Å². The molecule has 0 saturated heterocycles. The standard InChI is InChI=1S/C19H27N3O3/c1-5-22(6-2)13-15-16(18(23)25-7-3)17(20-19(24)21(15)4)14-11-9-8-10-12-14/h8-12,17H,5-7,13H2,1-4H3,(H,20,24). The van der Waals surface area contributed by atoms with Crippen LogP contribution in [0.25, 0.3) is 0 Å². The average molecular weight is 345 g/mol.